The molecule has 1 aromatic rings. The van der Waals surface area contributed by atoms with Gasteiger partial charge in [0.1, 0.15) is 23.1 Å². The fraction of sp³-hybridized carbons (Fsp3) is 0.273. The van der Waals surface area contributed by atoms with Crippen molar-refractivity contribution < 1.29 is 19.4 Å². The van der Waals surface area contributed by atoms with Crippen molar-refractivity contribution in [2.24, 2.45) is 0 Å². The zero-order valence-electron chi connectivity index (χ0n) is 8.98. The molecule has 1 N–H and O–H groups in total. The molecule has 0 spiro atoms. The smallest absolute Gasteiger partial charge is 0.338 e. The number of rotatable bonds is 3. The summed E-state index contributed by atoms with van der Waals surface area (Å²) in [6, 6.07) is 4.32. The summed E-state index contributed by atoms with van der Waals surface area (Å²) < 4.78 is 9.66. The van der Waals surface area contributed by atoms with Crippen LogP contribution in [0.2, 0.25) is 0 Å². The highest BCUT2D eigenvalue weighted by Crippen LogP contribution is 2.28. The van der Waals surface area contributed by atoms with Crippen LogP contribution in [0, 0.1) is 11.3 Å². The zero-order chi connectivity index (χ0) is 12.1. The van der Waals surface area contributed by atoms with E-state index in [0.717, 1.165) is 0 Å². The summed E-state index contributed by atoms with van der Waals surface area (Å²) in [4.78, 5) is 11.4. The first-order valence-corrected chi connectivity index (χ1v) is 4.62. The number of esters is 1. The van der Waals surface area contributed by atoms with E-state index in [4.69, 9.17) is 14.7 Å². The minimum Gasteiger partial charge on any atom is -0.506 e. The molecule has 0 atom stereocenters. The average molecular weight is 221 g/mol. The second kappa shape index (κ2) is 5.03. The Hall–Kier alpha value is -2.22. The molecule has 0 bridgehead atoms. The van der Waals surface area contributed by atoms with Crippen LogP contribution < -0.4 is 4.74 Å². The Morgan fingerprint density at radius 3 is 2.75 bits per heavy atom. The van der Waals surface area contributed by atoms with Gasteiger partial charge in [-0.05, 0) is 19.1 Å². The molecule has 5 heteroatoms. The number of nitriles is 1. The largest absolute Gasteiger partial charge is 0.506 e. The molecule has 0 heterocycles. The van der Waals surface area contributed by atoms with Crippen molar-refractivity contribution in [3.05, 3.63) is 23.3 Å². The van der Waals surface area contributed by atoms with Gasteiger partial charge in [0.2, 0.25) is 0 Å². The SMILES string of the molecule is CCOC(=O)c1cc(O)c(C#N)c(OC)c1. The number of nitrogens with zero attached hydrogens (tertiary/aromatic N) is 1. The fourth-order valence-corrected chi connectivity index (χ4v) is 1.21. The fourth-order valence-electron chi connectivity index (χ4n) is 1.21. The maximum atomic E-state index is 11.4. The molecular weight excluding hydrogens is 210 g/mol. The van der Waals surface area contributed by atoms with Crippen LogP contribution in [-0.4, -0.2) is 24.8 Å². The van der Waals surface area contributed by atoms with E-state index < -0.39 is 5.97 Å². The number of aromatic hydroxyl groups is 1. The van der Waals surface area contributed by atoms with Crippen molar-refractivity contribution >= 4 is 5.97 Å². The van der Waals surface area contributed by atoms with Crippen LogP contribution in [0.1, 0.15) is 22.8 Å². The van der Waals surface area contributed by atoms with Gasteiger partial charge in [-0.15, -0.1) is 0 Å². The van der Waals surface area contributed by atoms with Crippen molar-refractivity contribution in [1.29, 1.82) is 5.26 Å². The lowest BCUT2D eigenvalue weighted by Gasteiger charge is -2.07. The van der Waals surface area contributed by atoms with Gasteiger partial charge < -0.3 is 14.6 Å². The molecule has 0 saturated heterocycles. The van der Waals surface area contributed by atoms with Crippen LogP contribution in [0.25, 0.3) is 0 Å². The number of carbonyl (C=O) groups is 1. The van der Waals surface area contributed by atoms with Crippen molar-refractivity contribution in [2.75, 3.05) is 13.7 Å². The molecule has 0 unspecified atom stereocenters. The Kier molecular flexibility index (Phi) is 3.72. The zero-order valence-corrected chi connectivity index (χ0v) is 8.98. The molecule has 0 radical (unpaired) electrons. The maximum absolute atomic E-state index is 11.4. The quantitative estimate of drug-likeness (QED) is 0.781. The van der Waals surface area contributed by atoms with Gasteiger partial charge in [-0.2, -0.15) is 5.26 Å². The summed E-state index contributed by atoms with van der Waals surface area (Å²) in [5.74, 6) is -0.726. The number of phenols is 1. The molecule has 84 valence electrons. The van der Waals surface area contributed by atoms with E-state index in [9.17, 15) is 9.90 Å². The third kappa shape index (κ3) is 2.23. The molecule has 5 nitrogen and oxygen atoms in total. The molecule has 0 aliphatic rings. The van der Waals surface area contributed by atoms with E-state index in [-0.39, 0.29) is 29.2 Å². The van der Waals surface area contributed by atoms with E-state index in [0.29, 0.717) is 0 Å². The maximum Gasteiger partial charge on any atom is 0.338 e. The number of hydrogen-bond acceptors (Lipinski definition) is 5. The summed E-state index contributed by atoms with van der Waals surface area (Å²) in [5, 5.41) is 18.3. The average Bonchev–Trinajstić information content (AvgIpc) is 2.28. The topological polar surface area (TPSA) is 79.5 Å². The molecule has 0 saturated carbocycles. The summed E-state index contributed by atoms with van der Waals surface area (Å²) >= 11 is 0. The monoisotopic (exact) mass is 221 g/mol. The van der Waals surface area contributed by atoms with E-state index in [1.165, 1.54) is 19.2 Å². The Morgan fingerprint density at radius 2 is 2.25 bits per heavy atom. The minimum absolute atomic E-state index is 0.00412. The normalized spacial score (nSPS) is 9.31. The molecule has 0 aliphatic heterocycles. The van der Waals surface area contributed by atoms with E-state index in [1.54, 1.807) is 13.0 Å². The lowest BCUT2D eigenvalue weighted by atomic mass is 10.1. The van der Waals surface area contributed by atoms with Crippen molar-refractivity contribution in [3.63, 3.8) is 0 Å². The summed E-state index contributed by atoms with van der Waals surface area (Å²) in [6.07, 6.45) is 0. The van der Waals surface area contributed by atoms with Gasteiger partial charge >= 0.3 is 5.97 Å². The summed E-state index contributed by atoms with van der Waals surface area (Å²) in [6.45, 7) is 1.92. The highest BCUT2D eigenvalue weighted by atomic mass is 16.5. The first-order valence-electron chi connectivity index (χ1n) is 4.62. The molecule has 0 amide bonds. The van der Waals surface area contributed by atoms with Gasteiger partial charge in [0.05, 0.1) is 19.3 Å². The van der Waals surface area contributed by atoms with Crippen molar-refractivity contribution in [1.82, 2.24) is 0 Å². The van der Waals surface area contributed by atoms with Crippen LogP contribution in [0.5, 0.6) is 11.5 Å². The van der Waals surface area contributed by atoms with Gasteiger partial charge in [-0.3, -0.25) is 0 Å². The number of benzene rings is 1. The second-order valence-corrected chi connectivity index (χ2v) is 2.90. The number of methoxy groups -OCH3 is 1. The highest BCUT2D eigenvalue weighted by Gasteiger charge is 2.15. The third-order valence-corrected chi connectivity index (χ3v) is 1.92. The second-order valence-electron chi connectivity index (χ2n) is 2.90. The number of hydrogen-bond donors (Lipinski definition) is 1. The number of carbonyl (C=O) groups excluding carboxylic acids is 1. The summed E-state index contributed by atoms with van der Waals surface area (Å²) in [5.41, 5.74) is 0.144. The van der Waals surface area contributed by atoms with E-state index in [2.05, 4.69) is 0 Å². The van der Waals surface area contributed by atoms with Crippen LogP contribution in [0.4, 0.5) is 0 Å². The number of ether oxygens (including phenoxy) is 2. The lowest BCUT2D eigenvalue weighted by Crippen LogP contribution is -2.05. The first-order chi connectivity index (χ1) is 7.63. The predicted molar refractivity (Wildman–Crippen MR) is 55.3 cm³/mol. The Bertz CT molecular complexity index is 448. The summed E-state index contributed by atoms with van der Waals surface area (Å²) in [7, 11) is 1.35. The molecule has 16 heavy (non-hydrogen) atoms. The molecule has 0 aliphatic carbocycles. The van der Waals surface area contributed by atoms with Gasteiger partial charge in [0.15, 0.2) is 0 Å². The van der Waals surface area contributed by atoms with Crippen LogP contribution >= 0.6 is 0 Å². The Labute approximate surface area is 92.8 Å². The van der Waals surface area contributed by atoms with Crippen LogP contribution in [0.3, 0.4) is 0 Å². The Morgan fingerprint density at radius 1 is 1.56 bits per heavy atom. The van der Waals surface area contributed by atoms with Crippen molar-refractivity contribution in [2.45, 2.75) is 6.92 Å². The first kappa shape index (κ1) is 11.9. The molecular formula is C11H11NO4. The third-order valence-electron chi connectivity index (χ3n) is 1.92. The van der Waals surface area contributed by atoms with Gasteiger partial charge in [0.25, 0.3) is 0 Å². The van der Waals surface area contributed by atoms with Gasteiger partial charge in [0, 0.05) is 0 Å². The number of phenolic OH excluding ortho intramolecular Hbond substituents is 1. The standard InChI is InChI=1S/C11H11NO4/c1-3-16-11(14)7-4-9(13)8(6-12)10(5-7)15-2/h4-5,13H,3H2,1-2H3. The lowest BCUT2D eigenvalue weighted by molar-refractivity contribution is 0.0525. The Balaban J connectivity index is 3.21. The van der Waals surface area contributed by atoms with Gasteiger partial charge in [-0.25, -0.2) is 4.79 Å². The molecule has 0 fully saturated rings. The van der Waals surface area contributed by atoms with Crippen LogP contribution in [0.15, 0.2) is 12.1 Å². The van der Waals surface area contributed by atoms with Crippen LogP contribution in [-0.2, 0) is 4.74 Å². The van der Waals surface area contributed by atoms with Gasteiger partial charge in [-0.1, -0.05) is 0 Å². The predicted octanol–water partition coefficient (Wildman–Crippen LogP) is 1.45. The van der Waals surface area contributed by atoms with E-state index in [1.807, 2.05) is 0 Å². The van der Waals surface area contributed by atoms with E-state index >= 15 is 0 Å². The van der Waals surface area contributed by atoms with Crippen molar-refractivity contribution in [3.8, 4) is 17.6 Å². The highest BCUT2D eigenvalue weighted by molar-refractivity contribution is 5.91. The molecule has 1 aromatic carbocycles. The molecule has 0 aromatic heterocycles. The minimum atomic E-state index is -0.569. The molecule has 1 rings (SSSR count).